The van der Waals surface area contributed by atoms with Gasteiger partial charge in [-0.1, -0.05) is 17.7 Å². The predicted octanol–water partition coefficient (Wildman–Crippen LogP) is 2.25. The molecule has 0 aliphatic heterocycles. The van der Waals surface area contributed by atoms with Gasteiger partial charge in [0.1, 0.15) is 0 Å². The quantitative estimate of drug-likeness (QED) is 0.645. The first kappa shape index (κ1) is 17.0. The van der Waals surface area contributed by atoms with Crippen LogP contribution in [-0.4, -0.2) is 30.1 Å². The Balaban J connectivity index is 2.89. The molecule has 0 aliphatic rings. The molecule has 1 unspecified atom stereocenters. The summed E-state index contributed by atoms with van der Waals surface area (Å²) in [5.74, 6) is -0.985. The number of rotatable bonds is 5. The van der Waals surface area contributed by atoms with Crippen molar-refractivity contribution in [1.29, 1.82) is 0 Å². The Bertz CT molecular complexity index is 489. The van der Waals surface area contributed by atoms with Crippen molar-refractivity contribution in [2.45, 2.75) is 46.2 Å². The number of carbonyl (C=O) groups is 2. The zero-order valence-electron chi connectivity index (χ0n) is 13.3. The van der Waals surface area contributed by atoms with E-state index in [9.17, 15) is 9.59 Å². The largest absolute Gasteiger partial charge is 0.464 e. The zero-order valence-corrected chi connectivity index (χ0v) is 13.3. The maximum atomic E-state index is 12.3. The van der Waals surface area contributed by atoms with Crippen molar-refractivity contribution in [2.75, 3.05) is 11.9 Å². The lowest BCUT2D eigenvalue weighted by Gasteiger charge is -2.25. The maximum Gasteiger partial charge on any atom is 0.338 e. The standard InChI is InChI=1S/C16H24N2O3/c1-6-21-15(20)13(14(19)18-16(3,4)5)17-12-9-7-11(2)8-10-12/h7-10,13,17H,6H2,1-5H3,(H,18,19). The third-order valence-corrected chi connectivity index (χ3v) is 2.65. The molecule has 0 aromatic heterocycles. The monoisotopic (exact) mass is 292 g/mol. The summed E-state index contributed by atoms with van der Waals surface area (Å²) in [5, 5.41) is 5.71. The molecule has 0 radical (unpaired) electrons. The van der Waals surface area contributed by atoms with Gasteiger partial charge in [0, 0.05) is 11.2 Å². The van der Waals surface area contributed by atoms with Gasteiger partial charge in [-0.25, -0.2) is 4.79 Å². The van der Waals surface area contributed by atoms with Crippen LogP contribution in [0, 0.1) is 6.92 Å². The van der Waals surface area contributed by atoms with Gasteiger partial charge in [0.05, 0.1) is 6.61 Å². The van der Waals surface area contributed by atoms with Crippen molar-refractivity contribution in [3.05, 3.63) is 29.8 Å². The Hall–Kier alpha value is -2.04. The summed E-state index contributed by atoms with van der Waals surface area (Å²) in [6, 6.07) is 6.41. The number of esters is 1. The second-order valence-corrected chi connectivity index (χ2v) is 5.93. The zero-order chi connectivity index (χ0) is 16.0. The van der Waals surface area contributed by atoms with Gasteiger partial charge in [0.15, 0.2) is 0 Å². The Morgan fingerprint density at radius 2 is 1.76 bits per heavy atom. The molecule has 0 spiro atoms. The van der Waals surface area contributed by atoms with Crippen LogP contribution in [0.4, 0.5) is 5.69 Å². The van der Waals surface area contributed by atoms with Crippen LogP contribution in [0.2, 0.25) is 0 Å². The molecule has 116 valence electrons. The summed E-state index contributed by atoms with van der Waals surface area (Å²) in [4.78, 5) is 24.3. The second-order valence-electron chi connectivity index (χ2n) is 5.93. The Morgan fingerprint density at radius 3 is 2.24 bits per heavy atom. The smallest absolute Gasteiger partial charge is 0.338 e. The number of anilines is 1. The van der Waals surface area contributed by atoms with Crippen molar-refractivity contribution >= 4 is 17.6 Å². The van der Waals surface area contributed by atoms with Crippen molar-refractivity contribution in [1.82, 2.24) is 5.32 Å². The number of hydrogen-bond acceptors (Lipinski definition) is 4. The van der Waals surface area contributed by atoms with E-state index in [1.165, 1.54) is 0 Å². The number of nitrogens with one attached hydrogen (secondary N) is 2. The van der Waals surface area contributed by atoms with Gasteiger partial charge in [-0.05, 0) is 46.8 Å². The molecule has 0 aliphatic carbocycles. The molecule has 0 saturated carbocycles. The average Bonchev–Trinajstić information content (AvgIpc) is 2.36. The van der Waals surface area contributed by atoms with Gasteiger partial charge in [-0.2, -0.15) is 0 Å². The highest BCUT2D eigenvalue weighted by Gasteiger charge is 2.30. The molecule has 5 heteroatoms. The van der Waals surface area contributed by atoms with E-state index in [1.807, 2.05) is 52.0 Å². The summed E-state index contributed by atoms with van der Waals surface area (Å²) in [7, 11) is 0. The fraction of sp³-hybridized carbons (Fsp3) is 0.500. The van der Waals surface area contributed by atoms with E-state index in [0.717, 1.165) is 5.56 Å². The van der Waals surface area contributed by atoms with Crippen LogP contribution in [0.1, 0.15) is 33.3 Å². The third kappa shape index (κ3) is 5.85. The van der Waals surface area contributed by atoms with Crippen LogP contribution in [0.3, 0.4) is 0 Å². The van der Waals surface area contributed by atoms with E-state index in [-0.39, 0.29) is 6.61 Å². The highest BCUT2D eigenvalue weighted by molar-refractivity contribution is 6.04. The SMILES string of the molecule is CCOC(=O)C(Nc1ccc(C)cc1)C(=O)NC(C)(C)C. The molecule has 0 bridgehead atoms. The first-order valence-electron chi connectivity index (χ1n) is 7.05. The van der Waals surface area contributed by atoms with Gasteiger partial charge in [-0.3, -0.25) is 4.79 Å². The van der Waals surface area contributed by atoms with Crippen molar-refractivity contribution < 1.29 is 14.3 Å². The number of hydrogen-bond donors (Lipinski definition) is 2. The molecular weight excluding hydrogens is 268 g/mol. The van der Waals surface area contributed by atoms with Crippen molar-refractivity contribution in [2.24, 2.45) is 0 Å². The lowest BCUT2D eigenvalue weighted by Crippen LogP contribution is -2.51. The van der Waals surface area contributed by atoms with E-state index in [2.05, 4.69) is 10.6 Å². The van der Waals surface area contributed by atoms with Crippen LogP contribution in [0.25, 0.3) is 0 Å². The van der Waals surface area contributed by atoms with Gasteiger partial charge in [-0.15, -0.1) is 0 Å². The molecule has 0 heterocycles. The molecule has 1 amide bonds. The molecule has 0 saturated heterocycles. The van der Waals surface area contributed by atoms with E-state index >= 15 is 0 Å². The van der Waals surface area contributed by atoms with Gasteiger partial charge < -0.3 is 15.4 Å². The fourth-order valence-electron chi connectivity index (χ4n) is 1.72. The summed E-state index contributed by atoms with van der Waals surface area (Å²) in [5.41, 5.74) is 1.38. The Kier molecular flexibility index (Phi) is 5.76. The molecule has 2 N–H and O–H groups in total. The molecular formula is C16H24N2O3. The van der Waals surface area contributed by atoms with Crippen LogP contribution in [0.5, 0.6) is 0 Å². The van der Waals surface area contributed by atoms with Crippen LogP contribution >= 0.6 is 0 Å². The molecule has 1 rings (SSSR count). The van der Waals surface area contributed by atoms with Crippen LogP contribution in [0.15, 0.2) is 24.3 Å². The topological polar surface area (TPSA) is 67.4 Å². The summed E-state index contributed by atoms with van der Waals surface area (Å²) >= 11 is 0. The minimum atomic E-state index is -1.06. The minimum Gasteiger partial charge on any atom is -0.464 e. The molecule has 0 fully saturated rings. The van der Waals surface area contributed by atoms with Gasteiger partial charge in [0.2, 0.25) is 6.04 Å². The van der Waals surface area contributed by atoms with E-state index in [4.69, 9.17) is 4.74 Å². The number of amides is 1. The summed E-state index contributed by atoms with van der Waals surface area (Å²) in [6.07, 6.45) is 0. The molecule has 1 aromatic carbocycles. The lowest BCUT2D eigenvalue weighted by molar-refractivity contribution is -0.147. The highest BCUT2D eigenvalue weighted by Crippen LogP contribution is 2.12. The fourth-order valence-corrected chi connectivity index (χ4v) is 1.72. The molecule has 21 heavy (non-hydrogen) atoms. The number of aryl methyl sites for hydroxylation is 1. The van der Waals surface area contributed by atoms with Gasteiger partial charge in [0.25, 0.3) is 5.91 Å². The highest BCUT2D eigenvalue weighted by atomic mass is 16.5. The number of benzene rings is 1. The van der Waals surface area contributed by atoms with E-state index < -0.39 is 23.5 Å². The molecule has 1 atom stereocenters. The normalized spacial score (nSPS) is 12.4. The van der Waals surface area contributed by atoms with E-state index in [0.29, 0.717) is 5.69 Å². The van der Waals surface area contributed by atoms with Crippen molar-refractivity contribution in [3.63, 3.8) is 0 Å². The predicted molar refractivity (Wildman–Crippen MR) is 83.1 cm³/mol. The molecule has 1 aromatic rings. The third-order valence-electron chi connectivity index (χ3n) is 2.65. The first-order chi connectivity index (χ1) is 9.73. The first-order valence-corrected chi connectivity index (χ1v) is 7.05. The van der Waals surface area contributed by atoms with E-state index in [1.54, 1.807) is 6.92 Å². The Morgan fingerprint density at radius 1 is 1.19 bits per heavy atom. The van der Waals surface area contributed by atoms with Crippen LogP contribution < -0.4 is 10.6 Å². The summed E-state index contributed by atoms with van der Waals surface area (Å²) in [6.45, 7) is 9.49. The molecule has 5 nitrogen and oxygen atoms in total. The lowest BCUT2D eigenvalue weighted by atomic mass is 10.1. The maximum absolute atomic E-state index is 12.3. The summed E-state index contributed by atoms with van der Waals surface area (Å²) < 4.78 is 4.97. The van der Waals surface area contributed by atoms with Crippen LogP contribution in [-0.2, 0) is 14.3 Å². The number of ether oxygens (including phenoxy) is 1. The Labute approximate surface area is 126 Å². The minimum absolute atomic E-state index is 0.230. The van der Waals surface area contributed by atoms with Gasteiger partial charge >= 0.3 is 5.97 Å². The second kappa shape index (κ2) is 7.11. The van der Waals surface area contributed by atoms with Crippen molar-refractivity contribution in [3.8, 4) is 0 Å². The number of carbonyl (C=O) groups excluding carboxylic acids is 2. The average molecular weight is 292 g/mol.